The van der Waals surface area contributed by atoms with Crippen LogP contribution in [-0.2, 0) is 16.0 Å². The van der Waals surface area contributed by atoms with Gasteiger partial charge in [-0.15, -0.1) is 0 Å². The summed E-state index contributed by atoms with van der Waals surface area (Å²) in [7, 11) is 1.44. The third-order valence-electron chi connectivity index (χ3n) is 5.64. The van der Waals surface area contributed by atoms with Crippen LogP contribution in [0, 0.1) is 0 Å². The molecule has 0 radical (unpaired) electrons. The minimum absolute atomic E-state index is 0.0248. The first kappa shape index (κ1) is 23.0. The minimum atomic E-state index is -1.22. The van der Waals surface area contributed by atoms with Crippen molar-refractivity contribution in [2.45, 2.75) is 18.4 Å². The number of hydrogen-bond acceptors (Lipinski definition) is 4. The van der Waals surface area contributed by atoms with Crippen molar-refractivity contribution in [3.8, 4) is 16.9 Å². The molecule has 170 valence electrons. The second-order valence-electron chi connectivity index (χ2n) is 7.66. The van der Waals surface area contributed by atoms with Gasteiger partial charge >= 0.3 is 12.1 Å². The van der Waals surface area contributed by atoms with Crippen molar-refractivity contribution in [3.63, 3.8) is 0 Å². The van der Waals surface area contributed by atoms with Crippen LogP contribution in [0.1, 0.15) is 22.6 Å². The first-order valence-corrected chi connectivity index (χ1v) is 11.0. The first-order valence-electron chi connectivity index (χ1n) is 10.2. The molecule has 6 nitrogen and oxygen atoms in total. The number of carboxylic acid groups (broad SMARTS) is 1. The fourth-order valence-electron chi connectivity index (χ4n) is 4.14. The quantitative estimate of drug-likeness (QED) is 0.459. The molecule has 2 N–H and O–H groups in total. The van der Waals surface area contributed by atoms with E-state index < -0.39 is 18.1 Å². The van der Waals surface area contributed by atoms with E-state index >= 15 is 0 Å². The maximum atomic E-state index is 12.5. The van der Waals surface area contributed by atoms with Crippen LogP contribution in [0.2, 0.25) is 10.0 Å². The summed E-state index contributed by atoms with van der Waals surface area (Å²) in [5.41, 5.74) is 4.90. The van der Waals surface area contributed by atoms with E-state index in [0.29, 0.717) is 11.3 Å². The summed E-state index contributed by atoms with van der Waals surface area (Å²) in [6.07, 6.45) is -0.835. The highest BCUT2D eigenvalue weighted by Gasteiger charge is 2.30. The third-order valence-corrected chi connectivity index (χ3v) is 6.20. The summed E-state index contributed by atoms with van der Waals surface area (Å²) >= 11 is 12.3. The minimum Gasteiger partial charge on any atom is -0.494 e. The Morgan fingerprint density at radius 2 is 1.55 bits per heavy atom. The van der Waals surface area contributed by atoms with Gasteiger partial charge in [-0.25, -0.2) is 9.59 Å². The third kappa shape index (κ3) is 4.77. The van der Waals surface area contributed by atoms with Crippen LogP contribution < -0.4 is 10.1 Å². The topological polar surface area (TPSA) is 84.9 Å². The summed E-state index contributed by atoms with van der Waals surface area (Å²) in [5, 5.41) is 12.5. The maximum absolute atomic E-state index is 12.5. The molecule has 0 saturated heterocycles. The van der Waals surface area contributed by atoms with Gasteiger partial charge in [0, 0.05) is 12.3 Å². The molecule has 3 aromatic rings. The van der Waals surface area contributed by atoms with E-state index in [1.54, 1.807) is 12.1 Å². The van der Waals surface area contributed by atoms with Crippen molar-refractivity contribution in [1.29, 1.82) is 0 Å². The molecule has 0 heterocycles. The van der Waals surface area contributed by atoms with Crippen LogP contribution >= 0.6 is 23.2 Å². The molecule has 0 saturated carbocycles. The lowest BCUT2D eigenvalue weighted by Gasteiger charge is -2.18. The van der Waals surface area contributed by atoms with Gasteiger partial charge in [-0.3, -0.25) is 0 Å². The zero-order valence-electron chi connectivity index (χ0n) is 17.7. The molecule has 0 aromatic heterocycles. The smallest absolute Gasteiger partial charge is 0.407 e. The van der Waals surface area contributed by atoms with Gasteiger partial charge in [0.05, 0.1) is 17.2 Å². The molecule has 8 heteroatoms. The van der Waals surface area contributed by atoms with E-state index in [-0.39, 0.29) is 29.0 Å². The molecule has 1 amide bonds. The standard InChI is InChI=1S/C25H21Cl2NO5/c1-32-23-20(26)10-14(11-21(23)27)12-22(24(29)30)28-25(31)33-13-19-17-8-4-2-6-15(17)16-7-3-5-9-18(16)19/h2-11,19,22H,12-13H2,1H3,(H,28,31)(H,29,30)/t22-/m0/s1. The number of carbonyl (C=O) groups excluding carboxylic acids is 1. The van der Waals surface area contributed by atoms with Gasteiger partial charge in [0.1, 0.15) is 12.6 Å². The number of carbonyl (C=O) groups is 2. The zero-order valence-corrected chi connectivity index (χ0v) is 19.2. The molecule has 0 spiro atoms. The van der Waals surface area contributed by atoms with Crippen molar-refractivity contribution in [1.82, 2.24) is 5.32 Å². The van der Waals surface area contributed by atoms with Gasteiger partial charge in [0.15, 0.2) is 5.75 Å². The first-order chi connectivity index (χ1) is 15.9. The lowest BCUT2D eigenvalue weighted by molar-refractivity contribution is -0.139. The van der Waals surface area contributed by atoms with Gasteiger partial charge in [0.2, 0.25) is 0 Å². The molecule has 33 heavy (non-hydrogen) atoms. The number of alkyl carbamates (subject to hydrolysis) is 1. The number of halogens is 2. The number of nitrogens with one attached hydrogen (secondary N) is 1. The number of carboxylic acids is 1. The van der Waals surface area contributed by atoms with Crippen molar-refractivity contribution in [3.05, 3.63) is 87.4 Å². The Hall–Kier alpha value is -3.22. The summed E-state index contributed by atoms with van der Waals surface area (Å²) in [6.45, 7) is 0.0897. The molecular weight excluding hydrogens is 465 g/mol. The number of ether oxygens (including phenoxy) is 2. The molecule has 1 aliphatic carbocycles. The van der Waals surface area contributed by atoms with Gasteiger partial charge in [0.25, 0.3) is 0 Å². The Labute approximate surface area is 201 Å². The van der Waals surface area contributed by atoms with Gasteiger partial charge in [-0.1, -0.05) is 71.7 Å². The molecule has 0 unspecified atom stereocenters. The van der Waals surface area contributed by atoms with Crippen LogP contribution in [-0.4, -0.2) is 36.9 Å². The number of amides is 1. The second-order valence-corrected chi connectivity index (χ2v) is 8.47. The normalized spacial score (nSPS) is 13.1. The second kappa shape index (κ2) is 9.73. The van der Waals surface area contributed by atoms with E-state index in [1.165, 1.54) is 7.11 Å². The average molecular weight is 486 g/mol. The largest absolute Gasteiger partial charge is 0.494 e. The van der Waals surface area contributed by atoms with E-state index in [0.717, 1.165) is 22.3 Å². The molecule has 3 aromatic carbocycles. The number of methoxy groups -OCH3 is 1. The average Bonchev–Trinajstić information content (AvgIpc) is 3.11. The fraction of sp³-hybridized carbons (Fsp3) is 0.200. The van der Waals surface area contributed by atoms with Crippen molar-refractivity contribution in [2.75, 3.05) is 13.7 Å². The molecular formula is C25H21Cl2NO5. The highest BCUT2D eigenvalue weighted by Crippen LogP contribution is 2.44. The number of rotatable bonds is 7. The maximum Gasteiger partial charge on any atom is 0.407 e. The van der Waals surface area contributed by atoms with Crippen molar-refractivity contribution >= 4 is 35.3 Å². The fourth-order valence-corrected chi connectivity index (χ4v) is 4.83. The zero-order chi connectivity index (χ0) is 23.5. The van der Waals surface area contributed by atoms with Gasteiger partial charge in [-0.2, -0.15) is 0 Å². The molecule has 0 fully saturated rings. The summed E-state index contributed by atoms with van der Waals surface area (Å²) in [4.78, 5) is 24.3. The van der Waals surface area contributed by atoms with Crippen LogP contribution in [0.5, 0.6) is 5.75 Å². The van der Waals surface area contributed by atoms with Crippen LogP contribution in [0.4, 0.5) is 4.79 Å². The highest BCUT2D eigenvalue weighted by molar-refractivity contribution is 6.37. The molecule has 0 aliphatic heterocycles. The number of hydrogen-bond donors (Lipinski definition) is 2. The predicted octanol–water partition coefficient (Wildman–Crippen LogP) is 5.54. The summed E-state index contributed by atoms with van der Waals surface area (Å²) in [6, 6.07) is 17.8. The van der Waals surface area contributed by atoms with E-state index in [9.17, 15) is 14.7 Å². The Morgan fingerprint density at radius 3 is 2.06 bits per heavy atom. The lowest BCUT2D eigenvalue weighted by atomic mass is 9.98. The van der Waals surface area contributed by atoms with Crippen molar-refractivity contribution < 1.29 is 24.2 Å². The van der Waals surface area contributed by atoms with Gasteiger partial charge < -0.3 is 19.9 Å². The Balaban J connectivity index is 1.44. The van der Waals surface area contributed by atoms with Crippen LogP contribution in [0.15, 0.2) is 60.7 Å². The Morgan fingerprint density at radius 1 is 1.00 bits per heavy atom. The van der Waals surface area contributed by atoms with Crippen LogP contribution in [0.3, 0.4) is 0 Å². The predicted molar refractivity (Wildman–Crippen MR) is 126 cm³/mol. The van der Waals surface area contributed by atoms with Gasteiger partial charge in [-0.05, 0) is 39.9 Å². The molecule has 0 bridgehead atoms. The monoisotopic (exact) mass is 485 g/mol. The number of benzene rings is 3. The number of aliphatic carboxylic acids is 1. The Bertz CT molecular complexity index is 1140. The number of fused-ring (bicyclic) bond motifs is 3. The summed E-state index contributed by atoms with van der Waals surface area (Å²) < 4.78 is 10.6. The molecule has 4 rings (SSSR count). The van der Waals surface area contributed by atoms with E-state index in [1.807, 2.05) is 48.5 Å². The molecule has 1 atom stereocenters. The van der Waals surface area contributed by atoms with E-state index in [2.05, 4.69) is 5.32 Å². The van der Waals surface area contributed by atoms with E-state index in [4.69, 9.17) is 32.7 Å². The summed E-state index contributed by atoms with van der Waals surface area (Å²) in [5.74, 6) is -1.02. The van der Waals surface area contributed by atoms with Crippen LogP contribution in [0.25, 0.3) is 11.1 Å². The molecule has 1 aliphatic rings. The van der Waals surface area contributed by atoms with Crippen molar-refractivity contribution in [2.24, 2.45) is 0 Å². The highest BCUT2D eigenvalue weighted by atomic mass is 35.5. The SMILES string of the molecule is COc1c(Cl)cc(C[C@H](NC(=O)OCC2c3ccccc3-c3ccccc32)C(=O)O)cc1Cl. The Kier molecular flexibility index (Phi) is 6.77. The lowest BCUT2D eigenvalue weighted by Crippen LogP contribution is -2.42.